The fourth-order valence-electron chi connectivity index (χ4n) is 2.85. The van der Waals surface area contributed by atoms with Gasteiger partial charge in [-0.2, -0.15) is 0 Å². The lowest BCUT2D eigenvalue weighted by molar-refractivity contribution is -0.119. The molecule has 0 spiro atoms. The van der Waals surface area contributed by atoms with Crippen molar-refractivity contribution in [2.24, 2.45) is 5.92 Å². The fraction of sp³-hybridized carbons (Fsp3) is 0.300. The zero-order valence-corrected chi connectivity index (χ0v) is 16.8. The van der Waals surface area contributed by atoms with Gasteiger partial charge >= 0.3 is 0 Å². The van der Waals surface area contributed by atoms with Crippen LogP contribution in [-0.2, 0) is 4.79 Å². The highest BCUT2D eigenvalue weighted by Gasteiger charge is 2.18. The number of amides is 1. The molecule has 3 N–H and O–H groups in total. The summed E-state index contributed by atoms with van der Waals surface area (Å²) in [6.07, 6.45) is 2.54. The third kappa shape index (κ3) is 5.10. The highest BCUT2D eigenvalue weighted by molar-refractivity contribution is 7.99. The van der Waals surface area contributed by atoms with Gasteiger partial charge in [-0.3, -0.25) is 9.78 Å². The molecule has 3 rings (SSSR count). The van der Waals surface area contributed by atoms with Crippen LogP contribution in [0.4, 0.5) is 0 Å². The average Bonchev–Trinajstić information content (AvgIpc) is 3.07. The molecule has 0 saturated carbocycles. The summed E-state index contributed by atoms with van der Waals surface area (Å²) in [5, 5.41) is 11.8. The van der Waals surface area contributed by atoms with E-state index in [1.54, 1.807) is 6.20 Å². The Kier molecular flexibility index (Phi) is 6.65. The van der Waals surface area contributed by atoms with E-state index in [0.29, 0.717) is 22.6 Å². The minimum absolute atomic E-state index is 0.0193. The van der Waals surface area contributed by atoms with Gasteiger partial charge in [-0.25, -0.2) is 4.68 Å². The van der Waals surface area contributed by atoms with Crippen molar-refractivity contribution in [3.8, 4) is 11.5 Å². The minimum Gasteiger partial charge on any atom is -0.349 e. The third-order valence-corrected chi connectivity index (χ3v) is 5.08. The van der Waals surface area contributed by atoms with E-state index in [9.17, 15) is 4.79 Å². The van der Waals surface area contributed by atoms with Gasteiger partial charge in [0.15, 0.2) is 0 Å². The van der Waals surface area contributed by atoms with Gasteiger partial charge in [0, 0.05) is 6.20 Å². The van der Waals surface area contributed by atoms with Crippen LogP contribution in [0.5, 0.6) is 0 Å². The first-order valence-electron chi connectivity index (χ1n) is 9.13. The lowest BCUT2D eigenvalue weighted by Gasteiger charge is -2.21. The molecule has 1 atom stereocenters. The van der Waals surface area contributed by atoms with Crippen LogP contribution in [0.1, 0.15) is 31.9 Å². The van der Waals surface area contributed by atoms with Crippen LogP contribution in [0.15, 0.2) is 59.9 Å². The second-order valence-corrected chi connectivity index (χ2v) is 7.78. The van der Waals surface area contributed by atoms with Gasteiger partial charge in [-0.1, -0.05) is 62.0 Å². The van der Waals surface area contributed by atoms with Crippen LogP contribution < -0.4 is 11.2 Å². The van der Waals surface area contributed by atoms with Crippen molar-refractivity contribution in [3.05, 3.63) is 60.3 Å². The summed E-state index contributed by atoms with van der Waals surface area (Å²) in [7, 11) is 0. The number of rotatable bonds is 8. The number of pyridine rings is 1. The van der Waals surface area contributed by atoms with Crippen LogP contribution in [-0.4, -0.2) is 31.5 Å². The molecule has 0 aliphatic heterocycles. The zero-order chi connectivity index (χ0) is 19.9. The van der Waals surface area contributed by atoms with Crippen molar-refractivity contribution in [1.29, 1.82) is 0 Å². The first kappa shape index (κ1) is 19.9. The lowest BCUT2D eigenvalue weighted by atomic mass is 9.97. The number of carbonyl (C=O) groups excluding carboxylic acids is 1. The molecular weight excluding hydrogens is 372 g/mol. The maximum absolute atomic E-state index is 12.5. The molecule has 1 unspecified atom stereocenters. The first-order chi connectivity index (χ1) is 13.5. The van der Waals surface area contributed by atoms with E-state index in [1.165, 1.54) is 16.4 Å². The number of hydrogen-bond donors (Lipinski definition) is 2. The summed E-state index contributed by atoms with van der Waals surface area (Å²) in [6.45, 7) is 4.29. The largest absolute Gasteiger partial charge is 0.349 e. The number of thioether (sulfide) groups is 1. The molecule has 3 aromatic rings. The van der Waals surface area contributed by atoms with Crippen LogP contribution >= 0.6 is 11.8 Å². The molecule has 1 amide bonds. The van der Waals surface area contributed by atoms with E-state index in [-0.39, 0.29) is 17.7 Å². The van der Waals surface area contributed by atoms with Crippen LogP contribution in [0.3, 0.4) is 0 Å². The van der Waals surface area contributed by atoms with Crippen molar-refractivity contribution in [2.45, 2.75) is 31.5 Å². The SMILES string of the molecule is CC(C)CC(NC(=O)CSc1nnc(-c2ccccn2)n1N)c1ccccc1. The van der Waals surface area contributed by atoms with Gasteiger partial charge in [0.25, 0.3) is 0 Å². The monoisotopic (exact) mass is 396 g/mol. The smallest absolute Gasteiger partial charge is 0.230 e. The summed E-state index contributed by atoms with van der Waals surface area (Å²) in [5.74, 6) is 7.15. The first-order valence-corrected chi connectivity index (χ1v) is 10.1. The molecule has 28 heavy (non-hydrogen) atoms. The van der Waals surface area contributed by atoms with E-state index in [4.69, 9.17) is 5.84 Å². The lowest BCUT2D eigenvalue weighted by Crippen LogP contribution is -2.31. The molecule has 0 aliphatic rings. The van der Waals surface area contributed by atoms with Gasteiger partial charge in [0.05, 0.1) is 11.8 Å². The molecule has 0 radical (unpaired) electrons. The summed E-state index contributed by atoms with van der Waals surface area (Å²) in [4.78, 5) is 16.8. The predicted octanol–water partition coefficient (Wildman–Crippen LogP) is 3.05. The molecule has 1 aromatic carbocycles. The van der Waals surface area contributed by atoms with Crippen molar-refractivity contribution >= 4 is 17.7 Å². The topological polar surface area (TPSA) is 98.7 Å². The molecular formula is C20H24N6OS. The molecule has 0 aliphatic carbocycles. The Bertz CT molecular complexity index is 898. The Balaban J connectivity index is 1.63. The van der Waals surface area contributed by atoms with E-state index < -0.39 is 0 Å². The normalized spacial score (nSPS) is 12.1. The van der Waals surface area contributed by atoms with E-state index in [2.05, 4.69) is 34.3 Å². The Morgan fingerprint density at radius 1 is 1.14 bits per heavy atom. The Labute approximate surface area is 168 Å². The van der Waals surface area contributed by atoms with Crippen molar-refractivity contribution in [2.75, 3.05) is 11.6 Å². The van der Waals surface area contributed by atoms with Crippen LogP contribution in [0.25, 0.3) is 11.5 Å². The van der Waals surface area contributed by atoms with Crippen molar-refractivity contribution in [1.82, 2.24) is 25.2 Å². The minimum atomic E-state index is -0.0677. The standard InChI is InChI=1S/C20H24N6OS/c1-14(2)12-17(15-8-4-3-5-9-15)23-18(27)13-28-20-25-24-19(26(20)21)16-10-6-7-11-22-16/h3-11,14,17H,12-13,21H2,1-2H3,(H,23,27). The fourth-order valence-corrected chi connectivity index (χ4v) is 3.51. The second-order valence-electron chi connectivity index (χ2n) is 6.84. The third-order valence-electron chi connectivity index (χ3n) is 4.14. The molecule has 2 aromatic heterocycles. The average molecular weight is 397 g/mol. The maximum Gasteiger partial charge on any atom is 0.230 e. The summed E-state index contributed by atoms with van der Waals surface area (Å²) >= 11 is 1.25. The summed E-state index contributed by atoms with van der Waals surface area (Å²) in [6, 6.07) is 15.5. The van der Waals surface area contributed by atoms with Crippen LogP contribution in [0, 0.1) is 5.92 Å². The molecule has 0 saturated heterocycles. The Morgan fingerprint density at radius 3 is 2.57 bits per heavy atom. The number of aromatic nitrogens is 4. The highest BCUT2D eigenvalue weighted by Crippen LogP contribution is 2.23. The van der Waals surface area contributed by atoms with Gasteiger partial charge in [-0.05, 0) is 30.0 Å². The summed E-state index contributed by atoms with van der Waals surface area (Å²) < 4.78 is 1.36. The maximum atomic E-state index is 12.5. The van der Waals surface area contributed by atoms with Crippen LogP contribution in [0.2, 0.25) is 0 Å². The second kappa shape index (κ2) is 9.36. The van der Waals surface area contributed by atoms with E-state index >= 15 is 0 Å². The molecule has 0 fully saturated rings. The molecule has 2 heterocycles. The highest BCUT2D eigenvalue weighted by atomic mass is 32.2. The van der Waals surface area contributed by atoms with Crippen molar-refractivity contribution < 1.29 is 4.79 Å². The number of hydrogen-bond acceptors (Lipinski definition) is 6. The number of nitrogen functional groups attached to an aromatic ring is 1. The van der Waals surface area contributed by atoms with E-state index in [0.717, 1.165) is 12.0 Å². The number of nitrogens with one attached hydrogen (secondary N) is 1. The van der Waals surface area contributed by atoms with Crippen molar-refractivity contribution in [3.63, 3.8) is 0 Å². The zero-order valence-electron chi connectivity index (χ0n) is 15.9. The number of benzene rings is 1. The van der Waals surface area contributed by atoms with Gasteiger partial charge < -0.3 is 11.2 Å². The Morgan fingerprint density at radius 2 is 1.89 bits per heavy atom. The molecule has 8 heteroatoms. The van der Waals surface area contributed by atoms with Gasteiger partial charge in [-0.15, -0.1) is 10.2 Å². The quantitative estimate of drug-likeness (QED) is 0.448. The predicted molar refractivity (Wildman–Crippen MR) is 111 cm³/mol. The molecule has 7 nitrogen and oxygen atoms in total. The number of nitrogens with zero attached hydrogens (tertiary/aromatic N) is 4. The Hall–Kier alpha value is -2.87. The van der Waals surface area contributed by atoms with Gasteiger partial charge in [0.2, 0.25) is 16.9 Å². The number of carbonyl (C=O) groups is 1. The molecule has 0 bridgehead atoms. The number of nitrogens with two attached hydrogens (primary N) is 1. The molecule has 146 valence electrons. The summed E-state index contributed by atoms with van der Waals surface area (Å²) in [5.41, 5.74) is 1.74. The van der Waals surface area contributed by atoms with Gasteiger partial charge in [0.1, 0.15) is 5.69 Å². The van der Waals surface area contributed by atoms with E-state index in [1.807, 2.05) is 48.5 Å².